The number of nitrogens with one attached hydrogen (secondary N) is 1. The lowest BCUT2D eigenvalue weighted by Gasteiger charge is -2.15. The van der Waals surface area contributed by atoms with E-state index >= 15 is 0 Å². The quantitative estimate of drug-likeness (QED) is 0.877. The van der Waals surface area contributed by atoms with Crippen LogP contribution in [0.15, 0.2) is 22.7 Å². The maximum atomic E-state index is 12.9. The fourth-order valence-corrected chi connectivity index (χ4v) is 2.78. The molecule has 0 aliphatic carbocycles. The third-order valence-corrected chi connectivity index (χ3v) is 3.91. The van der Waals surface area contributed by atoms with E-state index in [0.29, 0.717) is 5.92 Å². The van der Waals surface area contributed by atoms with Gasteiger partial charge in [0.25, 0.3) is 0 Å². The zero-order valence-electron chi connectivity index (χ0n) is 9.31. The monoisotopic (exact) mass is 285 g/mol. The molecule has 1 heterocycles. The predicted octanol–water partition coefficient (Wildman–Crippen LogP) is 3.52. The van der Waals surface area contributed by atoms with Gasteiger partial charge in [-0.05, 0) is 56.0 Å². The molecule has 1 aromatic rings. The Bertz CT molecular complexity index is 346. The van der Waals surface area contributed by atoms with Crippen molar-refractivity contribution in [3.8, 4) is 0 Å². The first kappa shape index (κ1) is 12.1. The van der Waals surface area contributed by atoms with Gasteiger partial charge < -0.3 is 5.32 Å². The van der Waals surface area contributed by atoms with Crippen LogP contribution in [0.25, 0.3) is 0 Å². The van der Waals surface area contributed by atoms with Crippen LogP contribution >= 0.6 is 15.9 Å². The average Bonchev–Trinajstić information content (AvgIpc) is 2.51. The van der Waals surface area contributed by atoms with Gasteiger partial charge in [-0.1, -0.05) is 28.4 Å². The van der Waals surface area contributed by atoms with Gasteiger partial charge >= 0.3 is 0 Å². The van der Waals surface area contributed by atoms with Crippen LogP contribution in [0.1, 0.15) is 24.8 Å². The Labute approximate surface area is 105 Å². The van der Waals surface area contributed by atoms with Crippen molar-refractivity contribution >= 4 is 15.9 Å². The van der Waals surface area contributed by atoms with E-state index in [1.165, 1.54) is 24.8 Å². The van der Waals surface area contributed by atoms with Gasteiger partial charge in [0.1, 0.15) is 5.82 Å². The van der Waals surface area contributed by atoms with E-state index in [4.69, 9.17) is 0 Å². The topological polar surface area (TPSA) is 12.0 Å². The molecule has 1 atom stereocenters. The molecule has 3 heteroatoms. The molecule has 0 aromatic heterocycles. The van der Waals surface area contributed by atoms with Gasteiger partial charge in [-0.15, -0.1) is 0 Å². The van der Waals surface area contributed by atoms with Gasteiger partial charge in [-0.25, -0.2) is 4.39 Å². The van der Waals surface area contributed by atoms with Crippen LogP contribution in [0.3, 0.4) is 0 Å². The second-order valence-electron chi connectivity index (χ2n) is 4.51. The number of hydrogen-bond acceptors (Lipinski definition) is 1. The third kappa shape index (κ3) is 3.29. The Balaban J connectivity index is 2.01. The lowest BCUT2D eigenvalue weighted by atomic mass is 9.95. The highest BCUT2D eigenvalue weighted by molar-refractivity contribution is 9.10. The number of rotatable bonds is 2. The number of halogens is 2. The second-order valence-corrected chi connectivity index (χ2v) is 5.36. The normalized spacial score (nSPS) is 21.8. The fourth-order valence-electron chi connectivity index (χ4n) is 2.26. The molecule has 1 aromatic carbocycles. The van der Waals surface area contributed by atoms with Crippen molar-refractivity contribution in [1.29, 1.82) is 0 Å². The highest BCUT2D eigenvalue weighted by Crippen LogP contribution is 2.23. The van der Waals surface area contributed by atoms with Crippen molar-refractivity contribution in [3.05, 3.63) is 34.1 Å². The summed E-state index contributed by atoms with van der Waals surface area (Å²) in [6.45, 7) is 2.23. The average molecular weight is 286 g/mol. The molecule has 1 unspecified atom stereocenters. The van der Waals surface area contributed by atoms with Gasteiger partial charge in [0.15, 0.2) is 0 Å². The Kier molecular flexibility index (Phi) is 4.36. The van der Waals surface area contributed by atoms with Crippen LogP contribution in [0.2, 0.25) is 0 Å². The SMILES string of the molecule is Fc1ccc(CC2CCCCNC2)c(Br)c1. The first-order valence-electron chi connectivity index (χ1n) is 5.90. The summed E-state index contributed by atoms with van der Waals surface area (Å²) in [5.41, 5.74) is 1.22. The number of benzene rings is 1. The summed E-state index contributed by atoms with van der Waals surface area (Å²) in [5.74, 6) is 0.513. The highest BCUT2D eigenvalue weighted by atomic mass is 79.9. The summed E-state index contributed by atoms with van der Waals surface area (Å²) >= 11 is 3.43. The zero-order chi connectivity index (χ0) is 11.4. The van der Waals surface area contributed by atoms with Crippen molar-refractivity contribution < 1.29 is 4.39 Å². The highest BCUT2D eigenvalue weighted by Gasteiger charge is 2.14. The summed E-state index contributed by atoms with van der Waals surface area (Å²) in [7, 11) is 0. The Morgan fingerprint density at radius 1 is 1.38 bits per heavy atom. The first-order valence-corrected chi connectivity index (χ1v) is 6.69. The molecular formula is C13H17BrFN. The fraction of sp³-hybridized carbons (Fsp3) is 0.538. The molecular weight excluding hydrogens is 269 g/mol. The molecule has 0 amide bonds. The van der Waals surface area contributed by atoms with Crippen molar-refractivity contribution in [2.24, 2.45) is 5.92 Å². The summed E-state index contributed by atoms with van der Waals surface area (Å²) in [5, 5.41) is 3.46. The lowest BCUT2D eigenvalue weighted by Crippen LogP contribution is -2.22. The predicted molar refractivity (Wildman–Crippen MR) is 68.0 cm³/mol. The molecule has 1 saturated heterocycles. The Morgan fingerprint density at radius 3 is 3.06 bits per heavy atom. The second kappa shape index (κ2) is 5.78. The molecule has 0 saturated carbocycles. The summed E-state index contributed by atoms with van der Waals surface area (Å²) in [6, 6.07) is 4.99. The molecule has 88 valence electrons. The van der Waals surface area contributed by atoms with E-state index in [2.05, 4.69) is 21.2 Å². The van der Waals surface area contributed by atoms with Crippen LogP contribution < -0.4 is 5.32 Å². The minimum Gasteiger partial charge on any atom is -0.316 e. The largest absolute Gasteiger partial charge is 0.316 e. The van der Waals surface area contributed by atoms with Gasteiger partial charge in [0.2, 0.25) is 0 Å². The molecule has 1 aliphatic heterocycles. The van der Waals surface area contributed by atoms with E-state index < -0.39 is 0 Å². The van der Waals surface area contributed by atoms with E-state index in [-0.39, 0.29) is 5.82 Å². The van der Waals surface area contributed by atoms with Gasteiger partial charge in [0.05, 0.1) is 0 Å². The molecule has 16 heavy (non-hydrogen) atoms. The minimum atomic E-state index is -0.172. The Morgan fingerprint density at radius 2 is 2.25 bits per heavy atom. The number of hydrogen-bond donors (Lipinski definition) is 1. The molecule has 1 N–H and O–H groups in total. The van der Waals surface area contributed by atoms with Crippen molar-refractivity contribution in [3.63, 3.8) is 0 Å². The standard InChI is InChI=1S/C13H17BrFN/c14-13-8-12(15)5-4-11(13)7-10-3-1-2-6-16-9-10/h4-5,8,10,16H,1-3,6-7,9H2. The van der Waals surface area contributed by atoms with Gasteiger partial charge in [0, 0.05) is 4.47 Å². The van der Waals surface area contributed by atoms with Crippen LogP contribution in [0, 0.1) is 11.7 Å². The summed E-state index contributed by atoms with van der Waals surface area (Å²) < 4.78 is 13.8. The summed E-state index contributed by atoms with van der Waals surface area (Å²) in [6.07, 6.45) is 4.89. The molecule has 0 radical (unpaired) electrons. The van der Waals surface area contributed by atoms with E-state index in [9.17, 15) is 4.39 Å². The molecule has 1 nitrogen and oxygen atoms in total. The lowest BCUT2D eigenvalue weighted by molar-refractivity contribution is 0.476. The maximum absolute atomic E-state index is 12.9. The molecule has 0 spiro atoms. The third-order valence-electron chi connectivity index (χ3n) is 3.17. The van der Waals surface area contributed by atoms with Crippen molar-refractivity contribution in [2.75, 3.05) is 13.1 Å². The summed E-state index contributed by atoms with van der Waals surface area (Å²) in [4.78, 5) is 0. The van der Waals surface area contributed by atoms with E-state index in [1.807, 2.05) is 6.07 Å². The molecule has 1 fully saturated rings. The Hall–Kier alpha value is -0.410. The first-order chi connectivity index (χ1) is 7.75. The van der Waals surface area contributed by atoms with Crippen LogP contribution in [-0.4, -0.2) is 13.1 Å². The van der Waals surface area contributed by atoms with Crippen LogP contribution in [0.5, 0.6) is 0 Å². The van der Waals surface area contributed by atoms with Gasteiger partial charge in [-0.3, -0.25) is 0 Å². The zero-order valence-corrected chi connectivity index (χ0v) is 10.9. The van der Waals surface area contributed by atoms with Crippen LogP contribution in [-0.2, 0) is 6.42 Å². The van der Waals surface area contributed by atoms with Crippen molar-refractivity contribution in [2.45, 2.75) is 25.7 Å². The van der Waals surface area contributed by atoms with Crippen LogP contribution in [0.4, 0.5) is 4.39 Å². The van der Waals surface area contributed by atoms with E-state index in [1.54, 1.807) is 12.1 Å². The smallest absolute Gasteiger partial charge is 0.124 e. The molecule has 0 bridgehead atoms. The minimum absolute atomic E-state index is 0.172. The van der Waals surface area contributed by atoms with Gasteiger partial charge in [-0.2, -0.15) is 0 Å². The van der Waals surface area contributed by atoms with Crippen molar-refractivity contribution in [1.82, 2.24) is 5.32 Å². The maximum Gasteiger partial charge on any atom is 0.124 e. The molecule has 1 aliphatic rings. The van der Waals surface area contributed by atoms with E-state index in [0.717, 1.165) is 24.0 Å². The molecule has 2 rings (SSSR count).